The Balaban J connectivity index is 1.01. The predicted octanol–water partition coefficient (Wildman–Crippen LogP) is 14.6. The van der Waals surface area contributed by atoms with Crippen LogP contribution in [-0.2, 0) is 0 Å². The van der Waals surface area contributed by atoms with Gasteiger partial charge in [0.2, 0.25) is 0 Å². The second-order valence-electron chi connectivity index (χ2n) is 16.0. The van der Waals surface area contributed by atoms with Crippen LogP contribution in [0.2, 0.25) is 0 Å². The number of para-hydroxylation sites is 4. The van der Waals surface area contributed by atoms with Gasteiger partial charge >= 0.3 is 0 Å². The lowest BCUT2D eigenvalue weighted by Gasteiger charge is -2.20. The molecule has 0 fully saturated rings. The Hall–Kier alpha value is -8.81. The van der Waals surface area contributed by atoms with E-state index in [0.717, 1.165) is 72.0 Å². The van der Waals surface area contributed by atoms with Crippen LogP contribution in [0.3, 0.4) is 0 Å². The van der Waals surface area contributed by atoms with E-state index in [1.54, 1.807) is 0 Å². The molecule has 1 aliphatic rings. The first-order valence-corrected chi connectivity index (χ1v) is 21.3. The summed E-state index contributed by atoms with van der Waals surface area (Å²) in [6, 6.07) is 73.3. The molecule has 7 nitrogen and oxygen atoms in total. The van der Waals surface area contributed by atoms with Crippen molar-refractivity contribution in [2.24, 2.45) is 0 Å². The van der Waals surface area contributed by atoms with E-state index < -0.39 is 0 Å². The number of rotatable bonds is 6. The largest absolute Gasteiger partial charge is 0.449 e. The van der Waals surface area contributed by atoms with Gasteiger partial charge in [-0.3, -0.25) is 0 Å². The van der Waals surface area contributed by atoms with E-state index in [2.05, 4.69) is 137 Å². The van der Waals surface area contributed by atoms with E-state index in [1.165, 1.54) is 10.8 Å². The average molecular weight is 822 g/mol. The van der Waals surface area contributed by atoms with Crippen molar-refractivity contribution in [2.75, 3.05) is 0 Å². The van der Waals surface area contributed by atoms with Gasteiger partial charge in [0.25, 0.3) is 0 Å². The molecule has 300 valence electrons. The van der Waals surface area contributed by atoms with Crippen LogP contribution in [0.1, 0.15) is 0 Å². The van der Waals surface area contributed by atoms with E-state index in [0.29, 0.717) is 40.5 Å². The summed E-state index contributed by atoms with van der Waals surface area (Å²) in [6.07, 6.45) is 0. The fraction of sp³-hybridized carbons (Fsp3) is 0. The van der Waals surface area contributed by atoms with Crippen molar-refractivity contribution < 1.29 is 9.47 Å². The van der Waals surface area contributed by atoms with Crippen molar-refractivity contribution in [3.05, 3.63) is 212 Å². The molecule has 13 rings (SSSR count). The highest BCUT2D eigenvalue weighted by Crippen LogP contribution is 2.50. The Kier molecular flexibility index (Phi) is 8.08. The Morgan fingerprint density at radius 2 is 0.828 bits per heavy atom. The summed E-state index contributed by atoms with van der Waals surface area (Å²) in [6.45, 7) is 0. The zero-order valence-electron chi connectivity index (χ0n) is 34.3. The maximum Gasteiger partial charge on any atom is 0.172 e. The quantitative estimate of drug-likeness (QED) is 0.167. The molecule has 64 heavy (non-hydrogen) atoms. The molecule has 0 unspecified atom stereocenters. The van der Waals surface area contributed by atoms with Crippen molar-refractivity contribution in [1.82, 2.24) is 24.1 Å². The topological polar surface area (TPSA) is 67.0 Å². The zero-order valence-corrected chi connectivity index (χ0v) is 34.3. The Morgan fingerprint density at radius 3 is 1.53 bits per heavy atom. The standard InChI is InChI=1S/C57H35N5O2/c1-4-16-36(17-5-1)55-58-56(37-18-6-2-7-19-37)60-57(59-55)40-22-14-20-38(32-40)39-21-15-25-42(33-39)62-46-27-11-10-26-43(46)44-30-31-47-53(54(44)62)45-34-51-52(64-50-29-13-12-28-49(50)63-51)35-48(45)61(47)41-23-8-3-9-24-41/h1-35H. The van der Waals surface area contributed by atoms with Crippen LogP contribution in [0.15, 0.2) is 212 Å². The molecule has 9 aromatic carbocycles. The number of hydrogen-bond acceptors (Lipinski definition) is 5. The van der Waals surface area contributed by atoms with E-state index in [1.807, 2.05) is 84.9 Å². The van der Waals surface area contributed by atoms with Gasteiger partial charge in [-0.2, -0.15) is 0 Å². The molecule has 0 radical (unpaired) electrons. The maximum atomic E-state index is 6.55. The number of fused-ring (bicyclic) bond motifs is 9. The number of hydrogen-bond donors (Lipinski definition) is 0. The minimum Gasteiger partial charge on any atom is -0.449 e. The second-order valence-corrected chi connectivity index (χ2v) is 16.0. The molecule has 3 aromatic heterocycles. The third kappa shape index (κ3) is 5.79. The third-order valence-electron chi connectivity index (χ3n) is 12.2. The Labute approximate surface area is 367 Å². The van der Waals surface area contributed by atoms with Crippen molar-refractivity contribution in [2.45, 2.75) is 0 Å². The molecule has 0 aliphatic carbocycles. The summed E-state index contributed by atoms with van der Waals surface area (Å²) in [4.78, 5) is 15.0. The fourth-order valence-corrected chi connectivity index (χ4v) is 9.30. The summed E-state index contributed by atoms with van der Waals surface area (Å²) in [5.41, 5.74) is 11.4. The Morgan fingerprint density at radius 1 is 0.297 bits per heavy atom. The van der Waals surface area contributed by atoms with Crippen LogP contribution in [0.25, 0.3) is 100 Å². The van der Waals surface area contributed by atoms with Gasteiger partial charge in [0.1, 0.15) is 0 Å². The minimum absolute atomic E-state index is 0.616. The zero-order chi connectivity index (χ0) is 42.1. The van der Waals surface area contributed by atoms with Crippen LogP contribution >= 0.6 is 0 Å². The predicted molar refractivity (Wildman–Crippen MR) is 257 cm³/mol. The van der Waals surface area contributed by atoms with Gasteiger partial charge in [0.05, 0.1) is 22.1 Å². The molecule has 0 amide bonds. The van der Waals surface area contributed by atoms with Gasteiger partial charge in [0, 0.05) is 55.7 Å². The first-order valence-electron chi connectivity index (χ1n) is 21.3. The lowest BCUT2D eigenvalue weighted by molar-refractivity contribution is 0.360. The molecule has 12 aromatic rings. The summed E-state index contributed by atoms with van der Waals surface area (Å²) in [5.74, 6) is 4.65. The number of nitrogens with zero attached hydrogens (tertiary/aromatic N) is 5. The molecular weight excluding hydrogens is 787 g/mol. The van der Waals surface area contributed by atoms with E-state index in [9.17, 15) is 0 Å². The highest BCUT2D eigenvalue weighted by Gasteiger charge is 2.26. The summed E-state index contributed by atoms with van der Waals surface area (Å²) in [5, 5.41) is 4.54. The van der Waals surface area contributed by atoms with Crippen molar-refractivity contribution in [3.8, 4) is 79.7 Å². The van der Waals surface area contributed by atoms with Gasteiger partial charge in [-0.15, -0.1) is 0 Å². The van der Waals surface area contributed by atoms with Gasteiger partial charge in [-0.1, -0.05) is 146 Å². The molecule has 0 saturated heterocycles. The van der Waals surface area contributed by atoms with E-state index in [4.69, 9.17) is 24.4 Å². The van der Waals surface area contributed by atoms with Gasteiger partial charge in [-0.05, 0) is 71.8 Å². The van der Waals surface area contributed by atoms with Crippen LogP contribution in [0.5, 0.6) is 23.0 Å². The lowest BCUT2D eigenvalue weighted by Crippen LogP contribution is -2.00. The summed E-state index contributed by atoms with van der Waals surface area (Å²) >= 11 is 0. The maximum absolute atomic E-state index is 6.55. The first kappa shape index (κ1) is 35.9. The normalized spacial score (nSPS) is 12.0. The molecular formula is C57H35N5O2. The van der Waals surface area contributed by atoms with E-state index in [-0.39, 0.29) is 0 Å². The van der Waals surface area contributed by atoms with Crippen molar-refractivity contribution >= 4 is 43.6 Å². The molecule has 0 saturated carbocycles. The second kappa shape index (κ2) is 14.4. The van der Waals surface area contributed by atoms with E-state index >= 15 is 0 Å². The monoisotopic (exact) mass is 821 g/mol. The highest BCUT2D eigenvalue weighted by atomic mass is 16.6. The smallest absolute Gasteiger partial charge is 0.172 e. The average Bonchev–Trinajstić information content (AvgIpc) is 3.88. The number of benzene rings is 9. The molecule has 7 heteroatoms. The third-order valence-corrected chi connectivity index (χ3v) is 12.2. The van der Waals surface area contributed by atoms with Crippen LogP contribution in [-0.4, -0.2) is 24.1 Å². The SMILES string of the molecule is c1ccc(-c2nc(-c3ccccc3)nc(-c3cccc(-c4cccc(-n5c6ccccc6c6ccc7c(c8cc9c(cc8n7-c7ccccc7)Oc7ccccc7O9)c65)c4)c3)n2)cc1. The van der Waals surface area contributed by atoms with Gasteiger partial charge < -0.3 is 18.6 Å². The molecule has 0 bridgehead atoms. The van der Waals surface area contributed by atoms with Gasteiger partial charge in [0.15, 0.2) is 40.5 Å². The van der Waals surface area contributed by atoms with Crippen LogP contribution in [0.4, 0.5) is 0 Å². The lowest BCUT2D eigenvalue weighted by atomic mass is 10.0. The summed E-state index contributed by atoms with van der Waals surface area (Å²) < 4.78 is 17.8. The van der Waals surface area contributed by atoms with Gasteiger partial charge in [-0.25, -0.2) is 15.0 Å². The van der Waals surface area contributed by atoms with Crippen molar-refractivity contribution in [1.29, 1.82) is 0 Å². The molecule has 0 N–H and O–H groups in total. The minimum atomic E-state index is 0.616. The van der Waals surface area contributed by atoms with Crippen molar-refractivity contribution in [3.63, 3.8) is 0 Å². The summed E-state index contributed by atoms with van der Waals surface area (Å²) in [7, 11) is 0. The molecule has 4 heterocycles. The van der Waals surface area contributed by atoms with Crippen LogP contribution in [0, 0.1) is 0 Å². The first-order chi connectivity index (χ1) is 31.7. The highest BCUT2D eigenvalue weighted by molar-refractivity contribution is 6.26. The fourth-order valence-electron chi connectivity index (χ4n) is 9.30. The number of ether oxygens (including phenoxy) is 2. The molecule has 0 spiro atoms. The Bertz CT molecular complexity index is 3730. The molecule has 1 aliphatic heterocycles. The van der Waals surface area contributed by atoms with Crippen LogP contribution < -0.4 is 9.47 Å². The number of aromatic nitrogens is 5. The molecule has 0 atom stereocenters.